The molecule has 4 aromatic carbocycles. The van der Waals surface area contributed by atoms with Gasteiger partial charge < -0.3 is 98.3 Å². The van der Waals surface area contributed by atoms with Gasteiger partial charge >= 0.3 is 5.97 Å². The van der Waals surface area contributed by atoms with Crippen molar-refractivity contribution in [2.45, 2.75) is 190 Å². The molecule has 0 spiro atoms. The van der Waals surface area contributed by atoms with Crippen LogP contribution in [-0.4, -0.2) is 290 Å². The SMILES string of the molecule is CCCC[C@H]1C(=O)N(C)CC(=O)N[C@@H](CC(=O)O)C(=O)[N-][C@@H](C(C)C)C(=O)N(C)[C@@H](Cc2ccccc2)C(=O)N[C@@H](Cc2ccc(O)cc2)[C@@H](O)N(C)CC(=O)N[C@@H](Cc2c[nH]c3ccccc23)C(=O)N[C@@H](Cc2cccnc2)C(=O)N[C@@H](CC(C)C)C(=O)N[C@H](C(=O)NCC(N)=O)CSCC(=O)N[C@@H](CC2=CC(F)C(F)C(F)=C2)C(=O)N(C)[C@@H](Cc2ccccc2)C(=O)N1C. The average molecular weight is 1840 g/mol. The van der Waals surface area contributed by atoms with Gasteiger partial charge in [0.25, 0.3) is 0 Å². The molecule has 0 radical (unpaired) electrons. The van der Waals surface area contributed by atoms with E-state index in [1.54, 1.807) is 124 Å². The molecule has 6 aromatic rings. The summed E-state index contributed by atoms with van der Waals surface area (Å²) >= 11 is 0.687. The van der Waals surface area contributed by atoms with E-state index in [9.17, 15) is 62.9 Å². The highest BCUT2D eigenvalue weighted by molar-refractivity contribution is 8.00. The number of aromatic amines is 1. The van der Waals surface area contributed by atoms with Gasteiger partial charge in [-0.25, -0.2) is 13.2 Å². The molecule has 39 heteroatoms. The molecule has 0 bridgehead atoms. The number of allylic oxidation sites excluding steroid dienone is 3. The molecule has 706 valence electrons. The van der Waals surface area contributed by atoms with Crippen LogP contribution >= 0.6 is 11.8 Å². The average Bonchev–Trinajstić information content (AvgIpc) is 1.38. The number of hydrogen-bond donors (Lipinski definition) is 13. The van der Waals surface area contributed by atoms with Gasteiger partial charge in [-0.15, -0.1) is 11.8 Å². The Bertz CT molecular complexity index is 5060. The highest BCUT2D eigenvalue weighted by Gasteiger charge is 2.42. The number of nitrogens with two attached hydrogens (primary N) is 1. The number of benzene rings is 4. The Morgan fingerprint density at radius 1 is 0.603 bits per heavy atom. The summed E-state index contributed by atoms with van der Waals surface area (Å²) in [6, 6.07) is 14.8. The second-order valence-electron chi connectivity index (χ2n) is 33.5. The molecule has 2 aromatic heterocycles. The standard InChI is InChI=1S/C92H118F3N17O18S/c1-11-12-29-72-90(128)109(7)49-77(116)101-68(44-79(118)119)86(124)107-81(53(4)5)92(130)111(9)73(41-54-22-15-13-16-23-54)87(125)105-69(38-56-30-32-60(113)33-31-56)88(126)108(6)48-76(115)100-67(43-59-46-98-64-28-20-19-27-61(59)64)85(123)104-66(39-57-26-21-34-97-45-57)84(122)103-65(35-52(2)3)83(121)106-71(82(120)99-47-75(96)114)50-131-51-78(117)102-70(40-58-36-62(93)80(95)63(94)37-58)89(127)112(10)74(91(129)110(72)8)42-55-24-17-14-18-25-55/h13-28,30-34,36-37,45-46,52-53,62,65-74,80-81,88,98,126H,11-12,29,35,38-44,47-51H2,1-10H3,(H13,96,99,100,101,102,103,104,105,106,107,113,114,115,116,117,118,119,120,121,122,123,124,125)/p-1/t62?,65-,66-,67-,68-,69-,70-,71-,72-,73-,74-,80?,81-,88+/m0/s1. The van der Waals surface area contributed by atoms with Crippen LogP contribution in [0.15, 0.2) is 163 Å². The fourth-order valence-electron chi connectivity index (χ4n) is 15.2. The summed E-state index contributed by atoms with van der Waals surface area (Å²) in [5, 5.41) is 59.0. The second-order valence-corrected chi connectivity index (χ2v) is 34.5. The number of rotatable bonds is 23. The summed E-state index contributed by atoms with van der Waals surface area (Å²) in [6.45, 7) is 5.90. The number of aromatic nitrogens is 2. The van der Waals surface area contributed by atoms with E-state index in [4.69, 9.17) is 5.73 Å². The van der Waals surface area contributed by atoms with Crippen molar-refractivity contribution in [3.8, 4) is 5.75 Å². The number of halogens is 3. The zero-order chi connectivity index (χ0) is 96.0. The number of carbonyl (C=O) groups is 15. The largest absolute Gasteiger partial charge is 0.641 e. The number of hydrogen-bond acceptors (Lipinski definition) is 20. The van der Waals surface area contributed by atoms with Crippen molar-refractivity contribution in [2.24, 2.45) is 17.6 Å². The molecule has 1 aliphatic carbocycles. The molecule has 14 amide bonds. The van der Waals surface area contributed by atoms with Gasteiger partial charge in [0, 0.05) is 95.5 Å². The lowest BCUT2D eigenvalue weighted by atomic mass is 9.96. The van der Waals surface area contributed by atoms with E-state index in [0.717, 1.165) is 24.5 Å². The van der Waals surface area contributed by atoms with Crippen molar-refractivity contribution in [1.29, 1.82) is 0 Å². The first-order valence-electron chi connectivity index (χ1n) is 43.0. The number of nitrogens with one attached hydrogen (secondary N) is 9. The number of unbranched alkanes of at least 4 members (excludes halogenated alkanes) is 1. The number of aromatic hydroxyl groups is 1. The fraction of sp³-hybridized carbons (Fsp3) is 0.457. The molecule has 2 unspecified atom stereocenters. The summed E-state index contributed by atoms with van der Waals surface area (Å²) < 4.78 is 45.2. The smallest absolute Gasteiger partial charge is 0.305 e. The first-order chi connectivity index (χ1) is 62.2. The number of amides is 14. The molecule has 2 aliphatic rings. The minimum absolute atomic E-state index is 0.0661. The number of phenols is 1. The van der Waals surface area contributed by atoms with Gasteiger partial charge in [-0.1, -0.05) is 150 Å². The first kappa shape index (κ1) is 103. The van der Waals surface area contributed by atoms with E-state index in [2.05, 4.69) is 57.8 Å². The number of phenolic OH excluding ortho intramolecular Hbond substituents is 1. The second kappa shape index (κ2) is 49.7. The number of carboxylic acids is 1. The number of para-hydroxylation sites is 1. The summed E-state index contributed by atoms with van der Waals surface area (Å²) in [5.41, 5.74) is 8.11. The predicted molar refractivity (Wildman–Crippen MR) is 481 cm³/mol. The molecule has 1 saturated heterocycles. The van der Waals surface area contributed by atoms with Gasteiger partial charge in [-0.3, -0.25) is 77.0 Å². The molecule has 3 heterocycles. The Labute approximate surface area is 761 Å². The van der Waals surface area contributed by atoms with E-state index in [0.29, 0.717) is 69.1 Å². The molecule has 14 atom stereocenters. The minimum atomic E-state index is -2.72. The van der Waals surface area contributed by atoms with Gasteiger partial charge in [0.05, 0.1) is 49.8 Å². The van der Waals surface area contributed by atoms with Gasteiger partial charge in [0.1, 0.15) is 66.1 Å². The van der Waals surface area contributed by atoms with Gasteiger partial charge in [0.2, 0.25) is 76.8 Å². The number of pyridine rings is 1. The van der Waals surface area contributed by atoms with Gasteiger partial charge in [-0.05, 0) is 108 Å². The minimum Gasteiger partial charge on any atom is -0.641 e. The van der Waals surface area contributed by atoms with Gasteiger partial charge in [0.15, 0.2) is 12.3 Å². The van der Waals surface area contributed by atoms with E-state index in [1.807, 2.05) is 0 Å². The quantitative estimate of drug-likeness (QED) is 0.0438. The Balaban J connectivity index is 1.22. The zero-order valence-electron chi connectivity index (χ0n) is 74.7. The third-order valence-corrected chi connectivity index (χ3v) is 23.4. The zero-order valence-corrected chi connectivity index (χ0v) is 75.5. The molecule has 131 heavy (non-hydrogen) atoms. The van der Waals surface area contributed by atoms with Crippen LogP contribution < -0.4 is 48.3 Å². The van der Waals surface area contributed by atoms with E-state index in [1.165, 1.54) is 85.7 Å². The van der Waals surface area contributed by atoms with Crippen molar-refractivity contribution < 1.29 is 100 Å². The van der Waals surface area contributed by atoms with Crippen LogP contribution in [0.5, 0.6) is 5.75 Å². The molecule has 35 nitrogen and oxygen atoms in total. The number of H-pyrrole nitrogens is 1. The highest BCUT2D eigenvalue weighted by Crippen LogP contribution is 2.30. The number of nitrogens with zero attached hydrogens (tertiary/aromatic N) is 7. The number of thioether (sulfide) groups is 1. The number of aliphatic hydroxyl groups excluding tert-OH is 1. The molecule has 8 rings (SSSR count). The number of aliphatic carboxylic acids is 1. The first-order valence-corrected chi connectivity index (χ1v) is 44.1. The fourth-order valence-corrected chi connectivity index (χ4v) is 16.0. The van der Waals surface area contributed by atoms with Crippen LogP contribution in [0.2, 0.25) is 0 Å². The Kier molecular flexibility index (Phi) is 39.2. The van der Waals surface area contributed by atoms with Crippen LogP contribution in [0.1, 0.15) is 101 Å². The van der Waals surface area contributed by atoms with E-state index < -0.39 is 235 Å². The molecular weight excluding hydrogens is 1720 g/mol. The van der Waals surface area contributed by atoms with Crippen molar-refractivity contribution in [1.82, 2.24) is 77.0 Å². The predicted octanol–water partition coefficient (Wildman–Crippen LogP) is 3.21. The molecule has 1 fully saturated rings. The lowest BCUT2D eigenvalue weighted by Crippen LogP contribution is -2.60. The maximum Gasteiger partial charge on any atom is 0.305 e. The lowest BCUT2D eigenvalue weighted by molar-refractivity contribution is -0.151. The number of fused-ring (bicyclic) bond motifs is 1. The van der Waals surface area contributed by atoms with Crippen molar-refractivity contribution in [3.63, 3.8) is 0 Å². The third kappa shape index (κ3) is 30.8. The van der Waals surface area contributed by atoms with Crippen LogP contribution in [0, 0.1) is 11.8 Å². The Morgan fingerprint density at radius 2 is 1.18 bits per heavy atom. The van der Waals surface area contributed by atoms with Crippen molar-refractivity contribution >= 4 is 111 Å². The van der Waals surface area contributed by atoms with Crippen LogP contribution in [0.4, 0.5) is 13.2 Å². The third-order valence-electron chi connectivity index (χ3n) is 22.3. The maximum absolute atomic E-state index is 15.5. The summed E-state index contributed by atoms with van der Waals surface area (Å²) in [5.74, 6) is -19.6. The molecular formula is C92H117F3N17O18S-. The number of carbonyl (C=O) groups excluding carboxylic acids is 14. The van der Waals surface area contributed by atoms with Crippen LogP contribution in [0.25, 0.3) is 16.2 Å². The number of aliphatic hydroxyl groups is 1. The topological polar surface area (TPSA) is 498 Å². The number of primary amides is 1. The Hall–Kier alpha value is -13.0. The molecule has 1 aliphatic heterocycles. The lowest BCUT2D eigenvalue weighted by Gasteiger charge is -2.41. The normalized spacial score (nSPS) is 24.2. The number of likely N-dealkylation sites (N-methyl/N-ethyl adjacent to an activating group) is 5. The van der Waals surface area contributed by atoms with Crippen LogP contribution in [0.3, 0.4) is 0 Å². The van der Waals surface area contributed by atoms with E-state index in [-0.39, 0.29) is 62.7 Å². The summed E-state index contributed by atoms with van der Waals surface area (Å²) in [6.07, 6.45) is -3.79. The maximum atomic E-state index is 15.5. The van der Waals surface area contributed by atoms with E-state index >= 15 is 37.5 Å². The van der Waals surface area contributed by atoms with Crippen molar-refractivity contribution in [3.05, 3.63) is 197 Å². The Morgan fingerprint density at radius 3 is 1.79 bits per heavy atom. The van der Waals surface area contributed by atoms with Crippen molar-refractivity contribution in [2.75, 3.05) is 66.4 Å². The molecule has 14 N–H and O–H groups in total. The molecule has 0 saturated carbocycles. The number of alkyl halides is 2. The number of carboxylic acid groups (broad SMARTS) is 1. The monoisotopic (exact) mass is 1840 g/mol. The van der Waals surface area contributed by atoms with Gasteiger partial charge in [-0.2, -0.15) is 0 Å². The summed E-state index contributed by atoms with van der Waals surface area (Å²) in [4.78, 5) is 232. The van der Waals surface area contributed by atoms with Crippen LogP contribution in [-0.2, 0) is 104 Å². The summed E-state index contributed by atoms with van der Waals surface area (Å²) in [7, 11) is 6.25. The highest BCUT2D eigenvalue weighted by atomic mass is 32.2.